The van der Waals surface area contributed by atoms with Crippen molar-refractivity contribution < 1.29 is 34.5 Å². The van der Waals surface area contributed by atoms with Gasteiger partial charge in [0.15, 0.2) is 0 Å². The van der Waals surface area contributed by atoms with Crippen LogP contribution in [0.25, 0.3) is 0 Å². The van der Waals surface area contributed by atoms with Crippen LogP contribution >= 0.6 is 0 Å². The van der Waals surface area contributed by atoms with Gasteiger partial charge in [0, 0.05) is 0 Å². The SMILES string of the molecule is N[C@@H](CO)C(=O)N[C@@H](CO)C(=O)NCC(=O)NCC(=O)O. The predicted molar refractivity (Wildman–Crippen MR) is 67.7 cm³/mol. The monoisotopic (exact) mass is 306 g/mol. The molecule has 0 aliphatic carbocycles. The van der Waals surface area contributed by atoms with Crippen LogP contribution in [0.4, 0.5) is 0 Å². The molecule has 11 nitrogen and oxygen atoms in total. The Morgan fingerprint density at radius 1 is 0.952 bits per heavy atom. The number of aliphatic hydroxyl groups excluding tert-OH is 2. The summed E-state index contributed by atoms with van der Waals surface area (Å²) in [6.07, 6.45) is 0. The molecular weight excluding hydrogens is 288 g/mol. The zero-order valence-corrected chi connectivity index (χ0v) is 11.0. The molecule has 0 saturated heterocycles. The molecule has 0 aromatic rings. The van der Waals surface area contributed by atoms with Crippen molar-refractivity contribution in [1.29, 1.82) is 0 Å². The van der Waals surface area contributed by atoms with Gasteiger partial charge >= 0.3 is 5.97 Å². The molecule has 0 radical (unpaired) electrons. The van der Waals surface area contributed by atoms with Crippen LogP contribution in [0.15, 0.2) is 0 Å². The molecular formula is C10H18N4O7. The topological polar surface area (TPSA) is 191 Å². The summed E-state index contributed by atoms with van der Waals surface area (Å²) in [7, 11) is 0. The van der Waals surface area contributed by atoms with E-state index < -0.39 is 62.1 Å². The van der Waals surface area contributed by atoms with Crippen LogP contribution in [-0.2, 0) is 19.2 Å². The molecule has 0 spiro atoms. The van der Waals surface area contributed by atoms with Crippen molar-refractivity contribution in [2.45, 2.75) is 12.1 Å². The minimum absolute atomic E-state index is 0.523. The first kappa shape index (κ1) is 18.8. The van der Waals surface area contributed by atoms with Gasteiger partial charge in [0.25, 0.3) is 0 Å². The van der Waals surface area contributed by atoms with Gasteiger partial charge in [-0.1, -0.05) is 0 Å². The number of carboxylic acid groups (broad SMARTS) is 1. The number of nitrogens with two attached hydrogens (primary N) is 1. The van der Waals surface area contributed by atoms with Gasteiger partial charge in [0.1, 0.15) is 18.6 Å². The lowest BCUT2D eigenvalue weighted by Gasteiger charge is -2.17. The van der Waals surface area contributed by atoms with E-state index in [4.69, 9.17) is 21.1 Å². The molecule has 11 heteroatoms. The van der Waals surface area contributed by atoms with E-state index in [0.29, 0.717) is 0 Å². The molecule has 0 aromatic heterocycles. The van der Waals surface area contributed by atoms with E-state index in [9.17, 15) is 19.2 Å². The summed E-state index contributed by atoms with van der Waals surface area (Å²) in [5.74, 6) is -3.70. The molecule has 0 rings (SSSR count). The van der Waals surface area contributed by atoms with Crippen LogP contribution in [-0.4, -0.2) is 77.4 Å². The molecule has 0 heterocycles. The second-order valence-corrected chi connectivity index (χ2v) is 3.92. The third-order valence-electron chi connectivity index (χ3n) is 2.21. The van der Waals surface area contributed by atoms with E-state index in [1.165, 1.54) is 0 Å². The fraction of sp³-hybridized carbons (Fsp3) is 0.600. The molecule has 0 bridgehead atoms. The largest absolute Gasteiger partial charge is 0.480 e. The van der Waals surface area contributed by atoms with Crippen molar-refractivity contribution in [2.24, 2.45) is 5.73 Å². The normalized spacial score (nSPS) is 12.9. The second-order valence-electron chi connectivity index (χ2n) is 3.92. The number of nitrogens with one attached hydrogen (secondary N) is 3. The first-order valence-electron chi connectivity index (χ1n) is 5.85. The number of hydrogen-bond donors (Lipinski definition) is 7. The maximum Gasteiger partial charge on any atom is 0.322 e. The highest BCUT2D eigenvalue weighted by Gasteiger charge is 2.23. The van der Waals surface area contributed by atoms with Crippen LogP contribution in [0, 0.1) is 0 Å². The maximum atomic E-state index is 11.6. The minimum atomic E-state index is -1.35. The van der Waals surface area contributed by atoms with Crippen molar-refractivity contribution in [3.05, 3.63) is 0 Å². The number of rotatable bonds is 9. The second kappa shape index (κ2) is 9.63. The van der Waals surface area contributed by atoms with E-state index in [0.717, 1.165) is 0 Å². The lowest BCUT2D eigenvalue weighted by molar-refractivity contribution is -0.138. The van der Waals surface area contributed by atoms with Crippen LogP contribution in [0.1, 0.15) is 0 Å². The van der Waals surface area contributed by atoms with Crippen molar-refractivity contribution in [3.63, 3.8) is 0 Å². The van der Waals surface area contributed by atoms with E-state index in [1.807, 2.05) is 5.32 Å². The minimum Gasteiger partial charge on any atom is -0.480 e. The molecule has 3 amide bonds. The fourth-order valence-electron chi connectivity index (χ4n) is 1.08. The van der Waals surface area contributed by atoms with Gasteiger partial charge < -0.3 is 37.0 Å². The Bertz CT molecular complexity index is 401. The number of hydrogen-bond acceptors (Lipinski definition) is 7. The van der Waals surface area contributed by atoms with Crippen LogP contribution in [0.2, 0.25) is 0 Å². The van der Waals surface area contributed by atoms with Crippen LogP contribution in [0.3, 0.4) is 0 Å². The third kappa shape index (κ3) is 7.81. The average Bonchev–Trinajstić information content (AvgIpc) is 2.46. The molecule has 8 N–H and O–H groups in total. The Morgan fingerprint density at radius 2 is 1.57 bits per heavy atom. The van der Waals surface area contributed by atoms with E-state index in [-0.39, 0.29) is 0 Å². The van der Waals surface area contributed by atoms with E-state index in [1.54, 1.807) is 0 Å². The predicted octanol–water partition coefficient (Wildman–Crippen LogP) is -4.90. The number of carboxylic acids is 1. The summed E-state index contributed by atoms with van der Waals surface area (Å²) in [4.78, 5) is 44.3. The van der Waals surface area contributed by atoms with Crippen molar-refractivity contribution in [3.8, 4) is 0 Å². The summed E-state index contributed by atoms with van der Waals surface area (Å²) >= 11 is 0. The van der Waals surface area contributed by atoms with Gasteiger partial charge in [0.05, 0.1) is 19.8 Å². The van der Waals surface area contributed by atoms with Gasteiger partial charge in [0.2, 0.25) is 17.7 Å². The summed E-state index contributed by atoms with van der Waals surface area (Å²) < 4.78 is 0. The van der Waals surface area contributed by atoms with E-state index in [2.05, 4.69) is 10.6 Å². The van der Waals surface area contributed by atoms with E-state index >= 15 is 0 Å². The van der Waals surface area contributed by atoms with Crippen LogP contribution < -0.4 is 21.7 Å². The number of aliphatic carboxylic acids is 1. The molecule has 0 aromatic carbocycles. The Labute approximate surface area is 119 Å². The van der Waals surface area contributed by atoms with Crippen molar-refractivity contribution in [2.75, 3.05) is 26.3 Å². The summed E-state index contributed by atoms with van der Waals surface area (Å²) in [6.45, 7) is -2.50. The van der Waals surface area contributed by atoms with Gasteiger partial charge in [-0.15, -0.1) is 0 Å². The maximum absolute atomic E-state index is 11.6. The van der Waals surface area contributed by atoms with Crippen molar-refractivity contribution in [1.82, 2.24) is 16.0 Å². The highest BCUT2D eigenvalue weighted by atomic mass is 16.4. The van der Waals surface area contributed by atoms with Crippen molar-refractivity contribution >= 4 is 23.7 Å². The quantitative estimate of drug-likeness (QED) is 0.220. The Morgan fingerprint density at radius 3 is 2.05 bits per heavy atom. The average molecular weight is 306 g/mol. The third-order valence-corrected chi connectivity index (χ3v) is 2.21. The highest BCUT2D eigenvalue weighted by Crippen LogP contribution is 1.86. The van der Waals surface area contributed by atoms with Crippen LogP contribution in [0.5, 0.6) is 0 Å². The fourth-order valence-corrected chi connectivity index (χ4v) is 1.08. The number of carbonyl (C=O) groups is 4. The number of aliphatic hydroxyl groups is 2. The molecule has 2 atom stereocenters. The molecule has 21 heavy (non-hydrogen) atoms. The summed E-state index contributed by atoms with van der Waals surface area (Å²) in [6, 6.07) is -2.59. The summed E-state index contributed by atoms with van der Waals surface area (Å²) in [5.41, 5.74) is 5.21. The Kier molecular flexibility index (Phi) is 8.60. The lowest BCUT2D eigenvalue weighted by atomic mass is 10.2. The van der Waals surface area contributed by atoms with Gasteiger partial charge in [-0.25, -0.2) is 0 Å². The zero-order chi connectivity index (χ0) is 16.4. The highest BCUT2D eigenvalue weighted by molar-refractivity contribution is 5.92. The molecule has 120 valence electrons. The Balaban J connectivity index is 4.25. The van der Waals surface area contributed by atoms with Gasteiger partial charge in [-0.3, -0.25) is 19.2 Å². The summed E-state index contributed by atoms with van der Waals surface area (Å²) in [5, 5.41) is 32.2. The zero-order valence-electron chi connectivity index (χ0n) is 11.0. The number of amides is 3. The molecule has 0 fully saturated rings. The van der Waals surface area contributed by atoms with Gasteiger partial charge in [-0.05, 0) is 0 Å². The first-order chi connectivity index (χ1) is 9.81. The number of carbonyl (C=O) groups excluding carboxylic acids is 3. The first-order valence-corrected chi connectivity index (χ1v) is 5.85. The standard InChI is InChI=1S/C10H18N4O7/c11-5(3-15)9(20)14-6(4-16)10(21)13-1-7(17)12-2-8(18)19/h5-6,15-16H,1-4,11H2,(H,12,17)(H,13,21)(H,14,20)(H,18,19)/t5-,6-/m0/s1. The molecule has 0 unspecified atom stereocenters. The lowest BCUT2D eigenvalue weighted by Crippen LogP contribution is -2.55. The molecule has 0 aliphatic heterocycles. The smallest absolute Gasteiger partial charge is 0.322 e. The Hall–Kier alpha value is -2.24. The molecule has 0 aliphatic rings. The van der Waals surface area contributed by atoms with Gasteiger partial charge in [-0.2, -0.15) is 0 Å². The molecule has 0 saturated carbocycles.